The van der Waals surface area contributed by atoms with Gasteiger partial charge in [0.05, 0.1) is 11.0 Å². The third-order valence-corrected chi connectivity index (χ3v) is 4.38. The number of aryl methyl sites for hydroxylation is 1. The van der Waals surface area contributed by atoms with Crippen molar-refractivity contribution in [3.63, 3.8) is 0 Å². The van der Waals surface area contributed by atoms with Crippen LogP contribution in [0.3, 0.4) is 0 Å². The summed E-state index contributed by atoms with van der Waals surface area (Å²) in [4.78, 5) is 4.51. The third-order valence-electron chi connectivity index (χ3n) is 4.38. The van der Waals surface area contributed by atoms with E-state index in [2.05, 4.69) is 48.5 Å². The van der Waals surface area contributed by atoms with Crippen molar-refractivity contribution in [2.24, 2.45) is 5.41 Å². The Bertz CT molecular complexity index is 595. The first-order chi connectivity index (χ1) is 8.49. The maximum atomic E-state index is 6.16. The summed E-state index contributed by atoms with van der Waals surface area (Å²) >= 11 is 0. The van der Waals surface area contributed by atoms with Crippen molar-refractivity contribution in [2.45, 2.75) is 46.1 Å². The number of rotatable bonds is 1. The molecule has 1 saturated carbocycles. The van der Waals surface area contributed by atoms with Crippen LogP contribution in [0.5, 0.6) is 0 Å². The first-order valence-corrected chi connectivity index (χ1v) is 6.73. The zero-order valence-electron chi connectivity index (χ0n) is 11.4. The van der Waals surface area contributed by atoms with Gasteiger partial charge in [-0.15, -0.1) is 0 Å². The number of hydrogen-bond acceptors (Lipinski definition) is 2. The van der Waals surface area contributed by atoms with Crippen LogP contribution in [0.15, 0.2) is 18.2 Å². The van der Waals surface area contributed by atoms with Crippen molar-refractivity contribution in [2.75, 3.05) is 5.73 Å². The normalized spacial score (nSPS) is 22.7. The van der Waals surface area contributed by atoms with E-state index in [1.165, 1.54) is 30.3 Å². The highest BCUT2D eigenvalue weighted by Gasteiger charge is 2.37. The van der Waals surface area contributed by atoms with Crippen LogP contribution in [-0.4, -0.2) is 9.55 Å². The fraction of sp³-hybridized carbons (Fsp3) is 0.533. The van der Waals surface area contributed by atoms with Gasteiger partial charge >= 0.3 is 0 Å². The van der Waals surface area contributed by atoms with Gasteiger partial charge in [-0.3, -0.25) is 0 Å². The molecule has 1 unspecified atom stereocenters. The van der Waals surface area contributed by atoms with Crippen molar-refractivity contribution in [3.8, 4) is 0 Å². The maximum Gasteiger partial charge on any atom is 0.201 e. The molecule has 1 heterocycles. The molecule has 0 bridgehead atoms. The van der Waals surface area contributed by atoms with Crippen LogP contribution < -0.4 is 5.73 Å². The van der Waals surface area contributed by atoms with Gasteiger partial charge in [0.25, 0.3) is 0 Å². The van der Waals surface area contributed by atoms with Crippen LogP contribution >= 0.6 is 0 Å². The summed E-state index contributed by atoms with van der Waals surface area (Å²) in [5.41, 5.74) is 9.93. The van der Waals surface area contributed by atoms with Gasteiger partial charge in [0.2, 0.25) is 5.95 Å². The van der Waals surface area contributed by atoms with E-state index >= 15 is 0 Å². The standard InChI is InChI=1S/C15H21N3/c1-10-6-7-11-12(9-10)18(14(16)17-11)13-5-4-8-15(13,2)3/h6-7,9,13H,4-5,8H2,1-3H3,(H2,16,17). The molecule has 96 valence electrons. The molecule has 1 aromatic heterocycles. The van der Waals surface area contributed by atoms with Crippen LogP contribution in [0.2, 0.25) is 0 Å². The van der Waals surface area contributed by atoms with Gasteiger partial charge in [-0.2, -0.15) is 0 Å². The monoisotopic (exact) mass is 243 g/mol. The highest BCUT2D eigenvalue weighted by atomic mass is 15.2. The van der Waals surface area contributed by atoms with Crippen LogP contribution in [0.25, 0.3) is 11.0 Å². The lowest BCUT2D eigenvalue weighted by molar-refractivity contribution is 0.268. The third kappa shape index (κ3) is 1.61. The molecule has 1 aromatic carbocycles. The Balaban J connectivity index is 2.22. The number of fused-ring (bicyclic) bond motifs is 1. The molecule has 18 heavy (non-hydrogen) atoms. The molecule has 1 aliphatic rings. The van der Waals surface area contributed by atoms with Crippen molar-refractivity contribution >= 4 is 17.0 Å². The van der Waals surface area contributed by atoms with E-state index in [9.17, 15) is 0 Å². The fourth-order valence-electron chi connectivity index (χ4n) is 3.34. The minimum atomic E-state index is 0.311. The lowest BCUT2D eigenvalue weighted by Gasteiger charge is -2.29. The molecule has 3 heteroatoms. The predicted octanol–water partition coefficient (Wildman–Crippen LogP) is 3.68. The van der Waals surface area contributed by atoms with E-state index in [4.69, 9.17) is 5.73 Å². The Hall–Kier alpha value is -1.51. The Kier molecular flexibility index (Phi) is 2.40. The van der Waals surface area contributed by atoms with Gasteiger partial charge in [-0.1, -0.05) is 26.3 Å². The smallest absolute Gasteiger partial charge is 0.201 e. The van der Waals surface area contributed by atoms with E-state index in [0.717, 1.165) is 5.52 Å². The molecule has 0 aliphatic heterocycles. The molecule has 0 spiro atoms. The Labute approximate surface area is 108 Å². The van der Waals surface area contributed by atoms with Gasteiger partial charge in [-0.05, 0) is 42.9 Å². The lowest BCUT2D eigenvalue weighted by Crippen LogP contribution is -2.22. The summed E-state index contributed by atoms with van der Waals surface area (Å²) in [6.45, 7) is 6.80. The minimum Gasteiger partial charge on any atom is -0.369 e. The molecule has 3 rings (SSSR count). The molecule has 1 atom stereocenters. The average molecular weight is 243 g/mol. The largest absolute Gasteiger partial charge is 0.369 e. The van der Waals surface area contributed by atoms with Crippen molar-refractivity contribution < 1.29 is 0 Å². The molecule has 1 fully saturated rings. The molecule has 1 aliphatic carbocycles. The molecule has 0 amide bonds. The van der Waals surface area contributed by atoms with E-state index in [-0.39, 0.29) is 0 Å². The number of aromatic nitrogens is 2. The van der Waals surface area contributed by atoms with Crippen LogP contribution in [0.1, 0.15) is 44.7 Å². The second-order valence-corrected chi connectivity index (χ2v) is 6.23. The van der Waals surface area contributed by atoms with Crippen LogP contribution in [0.4, 0.5) is 5.95 Å². The summed E-state index contributed by atoms with van der Waals surface area (Å²) in [7, 11) is 0. The van der Waals surface area contributed by atoms with Crippen molar-refractivity contribution in [3.05, 3.63) is 23.8 Å². The zero-order chi connectivity index (χ0) is 12.9. The van der Waals surface area contributed by atoms with E-state index in [1.54, 1.807) is 0 Å². The highest BCUT2D eigenvalue weighted by molar-refractivity contribution is 5.79. The highest BCUT2D eigenvalue weighted by Crippen LogP contribution is 2.47. The molecule has 3 nitrogen and oxygen atoms in total. The quantitative estimate of drug-likeness (QED) is 0.830. The number of imidazole rings is 1. The van der Waals surface area contributed by atoms with Crippen LogP contribution in [0, 0.1) is 12.3 Å². The number of nitrogens with two attached hydrogens (primary N) is 1. The van der Waals surface area contributed by atoms with E-state index in [0.29, 0.717) is 17.4 Å². The minimum absolute atomic E-state index is 0.311. The summed E-state index contributed by atoms with van der Waals surface area (Å²) in [6, 6.07) is 6.84. The summed E-state index contributed by atoms with van der Waals surface area (Å²) in [5.74, 6) is 0.663. The zero-order valence-corrected chi connectivity index (χ0v) is 11.4. The van der Waals surface area contributed by atoms with Crippen molar-refractivity contribution in [1.29, 1.82) is 0 Å². The maximum absolute atomic E-state index is 6.16. The number of nitrogens with zero attached hydrogens (tertiary/aromatic N) is 2. The lowest BCUT2D eigenvalue weighted by atomic mass is 9.87. The Morgan fingerprint density at radius 1 is 1.39 bits per heavy atom. The Morgan fingerprint density at radius 3 is 2.83 bits per heavy atom. The molecular weight excluding hydrogens is 222 g/mol. The number of hydrogen-bond donors (Lipinski definition) is 1. The topological polar surface area (TPSA) is 43.8 Å². The first-order valence-electron chi connectivity index (χ1n) is 6.73. The molecule has 0 saturated heterocycles. The van der Waals surface area contributed by atoms with Gasteiger partial charge in [0.1, 0.15) is 0 Å². The van der Waals surface area contributed by atoms with Gasteiger partial charge in [-0.25, -0.2) is 4.98 Å². The van der Waals surface area contributed by atoms with Gasteiger partial charge < -0.3 is 10.3 Å². The van der Waals surface area contributed by atoms with E-state index < -0.39 is 0 Å². The second kappa shape index (κ2) is 3.74. The molecular formula is C15H21N3. The fourth-order valence-corrected chi connectivity index (χ4v) is 3.34. The second-order valence-electron chi connectivity index (χ2n) is 6.23. The molecule has 0 radical (unpaired) electrons. The summed E-state index contributed by atoms with van der Waals surface area (Å²) in [5, 5.41) is 0. The number of benzene rings is 1. The Morgan fingerprint density at radius 2 is 2.17 bits per heavy atom. The summed E-state index contributed by atoms with van der Waals surface area (Å²) in [6.07, 6.45) is 3.75. The van der Waals surface area contributed by atoms with Gasteiger partial charge in [0.15, 0.2) is 0 Å². The molecule has 2 aromatic rings. The number of nitrogen functional groups attached to an aromatic ring is 1. The van der Waals surface area contributed by atoms with Crippen molar-refractivity contribution in [1.82, 2.24) is 9.55 Å². The first kappa shape index (κ1) is 11.6. The van der Waals surface area contributed by atoms with Gasteiger partial charge in [0, 0.05) is 6.04 Å². The summed E-state index contributed by atoms with van der Waals surface area (Å²) < 4.78 is 2.26. The molecule has 2 N–H and O–H groups in total. The van der Waals surface area contributed by atoms with Crippen LogP contribution in [-0.2, 0) is 0 Å². The predicted molar refractivity (Wildman–Crippen MR) is 75.6 cm³/mol. The SMILES string of the molecule is Cc1ccc2nc(N)n(C3CCCC3(C)C)c2c1. The van der Waals surface area contributed by atoms with E-state index in [1.807, 2.05) is 0 Å². The number of anilines is 1. The average Bonchev–Trinajstić information content (AvgIpc) is 2.77.